The highest BCUT2D eigenvalue weighted by Gasteiger charge is 2.44. The summed E-state index contributed by atoms with van der Waals surface area (Å²) in [7, 11) is 0. The van der Waals surface area contributed by atoms with Crippen molar-refractivity contribution >= 4 is 16.8 Å². The lowest BCUT2D eigenvalue weighted by molar-refractivity contribution is -0.154. The second kappa shape index (κ2) is 9.72. The van der Waals surface area contributed by atoms with Crippen molar-refractivity contribution in [3.8, 4) is 5.75 Å². The standard InChI is InChI=1S/C29H33F2N3O3/c1-3-18-13-33(14-18)8-9-37-20-11-23(30)26(24(31)12-20)28-27-22(21-6-4-5-7-25(21)32-27)10-17(2)34(28)29(35)19-15-36-16-19/h4-7,11-12,17-19,28,32H,3,8-10,13-16H2,1-2H3/t17-,28-/m1/s1. The van der Waals surface area contributed by atoms with Crippen LogP contribution in [-0.4, -0.2) is 66.2 Å². The third kappa shape index (κ3) is 4.30. The summed E-state index contributed by atoms with van der Waals surface area (Å²) in [6.07, 6.45) is 1.77. The Morgan fingerprint density at radius 2 is 1.89 bits per heavy atom. The lowest BCUT2D eigenvalue weighted by atomic mass is 9.86. The fourth-order valence-corrected chi connectivity index (χ4v) is 5.99. The molecular weight excluding hydrogens is 476 g/mol. The van der Waals surface area contributed by atoms with Crippen LogP contribution in [0.3, 0.4) is 0 Å². The summed E-state index contributed by atoms with van der Waals surface area (Å²) < 4.78 is 42.5. The minimum absolute atomic E-state index is 0.131. The predicted octanol–water partition coefficient (Wildman–Crippen LogP) is 4.68. The van der Waals surface area contributed by atoms with Crippen molar-refractivity contribution in [2.75, 3.05) is 39.5 Å². The van der Waals surface area contributed by atoms with E-state index >= 15 is 8.78 Å². The number of nitrogens with zero attached hydrogens (tertiary/aromatic N) is 2. The summed E-state index contributed by atoms with van der Waals surface area (Å²) in [4.78, 5) is 20.9. The van der Waals surface area contributed by atoms with Crippen molar-refractivity contribution in [1.29, 1.82) is 0 Å². The lowest BCUT2D eigenvalue weighted by Gasteiger charge is -2.44. The average Bonchev–Trinajstić information content (AvgIpc) is 3.17. The average molecular weight is 510 g/mol. The number of para-hydroxylation sites is 1. The number of carbonyl (C=O) groups excluding carboxylic acids is 1. The molecule has 8 heteroatoms. The molecule has 6 nitrogen and oxygen atoms in total. The molecule has 4 heterocycles. The number of hydrogen-bond acceptors (Lipinski definition) is 4. The first kappa shape index (κ1) is 24.4. The van der Waals surface area contributed by atoms with Gasteiger partial charge in [0.25, 0.3) is 0 Å². The van der Waals surface area contributed by atoms with E-state index in [0.29, 0.717) is 31.9 Å². The molecule has 3 aliphatic rings. The van der Waals surface area contributed by atoms with Crippen LogP contribution in [0.25, 0.3) is 10.9 Å². The fourth-order valence-electron chi connectivity index (χ4n) is 5.99. The molecule has 3 aliphatic heterocycles. The number of aromatic nitrogens is 1. The molecule has 0 bridgehead atoms. The first-order chi connectivity index (χ1) is 17.9. The van der Waals surface area contributed by atoms with Crippen LogP contribution < -0.4 is 4.74 Å². The Labute approximate surface area is 215 Å². The molecule has 0 unspecified atom stereocenters. The van der Waals surface area contributed by atoms with E-state index in [-0.39, 0.29) is 29.2 Å². The van der Waals surface area contributed by atoms with E-state index in [1.54, 1.807) is 4.90 Å². The Morgan fingerprint density at radius 1 is 1.16 bits per heavy atom. The highest BCUT2D eigenvalue weighted by Crippen LogP contribution is 2.44. The Kier molecular flexibility index (Phi) is 6.41. The number of benzene rings is 2. The number of H-pyrrole nitrogens is 1. The summed E-state index contributed by atoms with van der Waals surface area (Å²) in [5.74, 6) is -0.950. The summed E-state index contributed by atoms with van der Waals surface area (Å²) in [5, 5.41) is 1.02. The summed E-state index contributed by atoms with van der Waals surface area (Å²) in [6, 6.07) is 9.20. The number of rotatable bonds is 7. The molecule has 2 aromatic carbocycles. The monoisotopic (exact) mass is 509 g/mol. The maximum Gasteiger partial charge on any atom is 0.231 e. The number of halogens is 2. The predicted molar refractivity (Wildman–Crippen MR) is 137 cm³/mol. The van der Waals surface area contributed by atoms with E-state index < -0.39 is 17.7 Å². The number of carbonyl (C=O) groups is 1. The highest BCUT2D eigenvalue weighted by atomic mass is 19.1. The molecule has 0 aliphatic carbocycles. The van der Waals surface area contributed by atoms with Gasteiger partial charge in [-0.05, 0) is 30.9 Å². The van der Waals surface area contributed by atoms with Gasteiger partial charge >= 0.3 is 0 Å². The number of fused-ring (bicyclic) bond motifs is 3. The summed E-state index contributed by atoms with van der Waals surface area (Å²) >= 11 is 0. The summed E-state index contributed by atoms with van der Waals surface area (Å²) in [6.45, 7) is 7.99. The molecule has 1 aromatic heterocycles. The van der Waals surface area contributed by atoms with Gasteiger partial charge in [-0.3, -0.25) is 9.69 Å². The van der Waals surface area contributed by atoms with Crippen LogP contribution in [0.2, 0.25) is 0 Å². The Bertz CT molecular complexity index is 1290. The molecule has 1 amide bonds. The Balaban J connectivity index is 1.33. The molecular formula is C29H33F2N3O3. The van der Waals surface area contributed by atoms with Crippen LogP contribution in [0.4, 0.5) is 8.78 Å². The number of aromatic amines is 1. The van der Waals surface area contributed by atoms with Gasteiger partial charge in [0.15, 0.2) is 0 Å². The molecule has 0 radical (unpaired) electrons. The highest BCUT2D eigenvalue weighted by molar-refractivity contribution is 5.87. The first-order valence-corrected chi connectivity index (χ1v) is 13.3. The van der Waals surface area contributed by atoms with Crippen molar-refractivity contribution in [1.82, 2.24) is 14.8 Å². The van der Waals surface area contributed by atoms with Gasteiger partial charge in [-0.1, -0.05) is 31.5 Å². The van der Waals surface area contributed by atoms with Crippen LogP contribution in [0.1, 0.15) is 43.1 Å². The smallest absolute Gasteiger partial charge is 0.231 e. The third-order valence-electron chi connectivity index (χ3n) is 8.23. The molecule has 2 saturated heterocycles. The molecule has 2 fully saturated rings. The molecule has 0 saturated carbocycles. The molecule has 1 N–H and O–H groups in total. The molecule has 2 atom stereocenters. The zero-order valence-corrected chi connectivity index (χ0v) is 21.3. The van der Waals surface area contributed by atoms with Gasteiger partial charge < -0.3 is 19.4 Å². The largest absolute Gasteiger partial charge is 0.492 e. The quantitative estimate of drug-likeness (QED) is 0.503. The lowest BCUT2D eigenvalue weighted by Crippen LogP contribution is -2.52. The number of hydrogen-bond donors (Lipinski definition) is 1. The van der Waals surface area contributed by atoms with Gasteiger partial charge in [-0.2, -0.15) is 0 Å². The normalized spacial score (nSPS) is 22.5. The van der Waals surface area contributed by atoms with E-state index in [9.17, 15) is 4.79 Å². The second-order valence-electron chi connectivity index (χ2n) is 10.7. The van der Waals surface area contributed by atoms with E-state index in [1.807, 2.05) is 31.2 Å². The molecule has 3 aromatic rings. The maximum atomic E-state index is 15.8. The van der Waals surface area contributed by atoms with E-state index in [0.717, 1.165) is 42.0 Å². The van der Waals surface area contributed by atoms with Gasteiger partial charge in [-0.25, -0.2) is 8.78 Å². The van der Waals surface area contributed by atoms with E-state index in [4.69, 9.17) is 9.47 Å². The van der Waals surface area contributed by atoms with Gasteiger partial charge in [-0.15, -0.1) is 0 Å². The van der Waals surface area contributed by atoms with Gasteiger partial charge in [0, 0.05) is 54.4 Å². The van der Waals surface area contributed by atoms with Crippen LogP contribution in [-0.2, 0) is 16.0 Å². The molecule has 0 spiro atoms. The fraction of sp³-hybridized carbons (Fsp3) is 0.483. The van der Waals surface area contributed by atoms with Crippen molar-refractivity contribution in [3.05, 3.63) is 64.9 Å². The third-order valence-corrected chi connectivity index (χ3v) is 8.23. The minimum Gasteiger partial charge on any atom is -0.492 e. The summed E-state index contributed by atoms with van der Waals surface area (Å²) in [5.41, 5.74) is 2.43. The number of ether oxygens (including phenoxy) is 2. The van der Waals surface area contributed by atoms with Gasteiger partial charge in [0.1, 0.15) is 30.0 Å². The second-order valence-corrected chi connectivity index (χ2v) is 10.7. The van der Waals surface area contributed by atoms with Crippen molar-refractivity contribution in [2.24, 2.45) is 11.8 Å². The number of likely N-dealkylation sites (tertiary alicyclic amines) is 1. The number of nitrogens with one attached hydrogen (secondary N) is 1. The Morgan fingerprint density at radius 3 is 2.57 bits per heavy atom. The van der Waals surface area contributed by atoms with Gasteiger partial charge in [0.05, 0.1) is 24.7 Å². The topological polar surface area (TPSA) is 57.8 Å². The Hall–Kier alpha value is -2.97. The van der Waals surface area contributed by atoms with Crippen LogP contribution >= 0.6 is 0 Å². The van der Waals surface area contributed by atoms with E-state index in [1.165, 1.54) is 18.6 Å². The van der Waals surface area contributed by atoms with Crippen molar-refractivity contribution < 1.29 is 23.0 Å². The van der Waals surface area contributed by atoms with Crippen molar-refractivity contribution in [2.45, 2.75) is 38.8 Å². The van der Waals surface area contributed by atoms with Crippen LogP contribution in [0.5, 0.6) is 5.75 Å². The van der Waals surface area contributed by atoms with Gasteiger partial charge in [0.2, 0.25) is 5.91 Å². The minimum atomic E-state index is -0.902. The SMILES string of the molecule is CCC1CN(CCOc2cc(F)c([C@@H]3c4[nH]c5ccccc5c4C[C@@H](C)N3C(=O)C3COC3)c(F)c2)C1. The molecule has 196 valence electrons. The zero-order chi connectivity index (χ0) is 25.7. The molecule has 37 heavy (non-hydrogen) atoms. The first-order valence-electron chi connectivity index (χ1n) is 13.3. The molecule has 6 rings (SSSR count). The van der Waals surface area contributed by atoms with E-state index in [2.05, 4.69) is 16.8 Å². The van der Waals surface area contributed by atoms with Crippen LogP contribution in [0, 0.1) is 23.5 Å². The van der Waals surface area contributed by atoms with Crippen LogP contribution in [0.15, 0.2) is 36.4 Å². The zero-order valence-electron chi connectivity index (χ0n) is 21.3. The maximum absolute atomic E-state index is 15.8. The van der Waals surface area contributed by atoms with Crippen molar-refractivity contribution in [3.63, 3.8) is 0 Å². The number of amides is 1.